The van der Waals surface area contributed by atoms with E-state index in [0.717, 1.165) is 12.0 Å². The van der Waals surface area contributed by atoms with Crippen molar-refractivity contribution in [3.8, 4) is 0 Å². The summed E-state index contributed by atoms with van der Waals surface area (Å²) in [6.07, 6.45) is 1.48. The lowest BCUT2D eigenvalue weighted by molar-refractivity contribution is -0.142. The van der Waals surface area contributed by atoms with Crippen LogP contribution in [-0.4, -0.2) is 37.4 Å². The molecule has 1 aliphatic heterocycles. The predicted octanol–water partition coefficient (Wildman–Crippen LogP) is 2.10. The molecule has 0 aliphatic carbocycles. The van der Waals surface area contributed by atoms with Crippen LogP contribution in [0.5, 0.6) is 0 Å². The first-order chi connectivity index (χ1) is 9.82. The number of nitrogens with zero attached hydrogens (tertiary/aromatic N) is 1. The van der Waals surface area contributed by atoms with Crippen molar-refractivity contribution < 1.29 is 17.9 Å². The van der Waals surface area contributed by atoms with Gasteiger partial charge in [-0.3, -0.25) is 4.79 Å². The van der Waals surface area contributed by atoms with E-state index in [2.05, 4.69) is 0 Å². The molecule has 21 heavy (non-hydrogen) atoms. The van der Waals surface area contributed by atoms with E-state index < -0.39 is 10.0 Å². The van der Waals surface area contributed by atoms with Crippen molar-refractivity contribution in [3.63, 3.8) is 0 Å². The van der Waals surface area contributed by atoms with Crippen molar-refractivity contribution in [1.82, 2.24) is 4.31 Å². The second kappa shape index (κ2) is 6.15. The number of hydrogen-bond acceptors (Lipinski definition) is 4. The van der Waals surface area contributed by atoms with Crippen molar-refractivity contribution in [1.29, 1.82) is 0 Å². The molecule has 1 fully saturated rings. The fourth-order valence-electron chi connectivity index (χ4n) is 2.68. The van der Waals surface area contributed by atoms with E-state index in [1.165, 1.54) is 11.2 Å². The first-order valence-corrected chi connectivity index (χ1v) is 8.50. The van der Waals surface area contributed by atoms with Gasteiger partial charge in [-0.15, -0.1) is 0 Å². The third kappa shape index (κ3) is 3.44. The van der Waals surface area contributed by atoms with Gasteiger partial charge in [-0.25, -0.2) is 8.42 Å². The van der Waals surface area contributed by atoms with E-state index in [9.17, 15) is 13.2 Å². The largest absolute Gasteiger partial charge is 0.464 e. The molecule has 0 N–H and O–H groups in total. The van der Waals surface area contributed by atoms with Gasteiger partial charge in [0.25, 0.3) is 0 Å². The molecule has 2 atom stereocenters. The van der Waals surface area contributed by atoms with Crippen LogP contribution in [0.1, 0.15) is 32.3 Å². The summed E-state index contributed by atoms with van der Waals surface area (Å²) in [5.74, 6) is -0.387. The zero-order valence-corrected chi connectivity index (χ0v) is 13.4. The highest BCUT2D eigenvalue weighted by molar-refractivity contribution is 7.89. The number of ether oxygens (including phenoxy) is 1. The van der Waals surface area contributed by atoms with Gasteiger partial charge in [-0.05, 0) is 38.8 Å². The minimum atomic E-state index is -3.56. The number of aryl methyl sites for hydroxylation is 1. The van der Waals surface area contributed by atoms with E-state index in [4.69, 9.17) is 4.74 Å². The molecule has 0 spiro atoms. The number of carbonyl (C=O) groups is 1. The first kappa shape index (κ1) is 16.0. The van der Waals surface area contributed by atoms with Gasteiger partial charge < -0.3 is 4.74 Å². The molecule has 0 radical (unpaired) electrons. The zero-order valence-electron chi connectivity index (χ0n) is 12.6. The van der Waals surface area contributed by atoms with Crippen LogP contribution in [0.4, 0.5) is 0 Å². The number of rotatable bonds is 4. The van der Waals surface area contributed by atoms with Crippen molar-refractivity contribution in [2.75, 3.05) is 6.61 Å². The lowest BCUT2D eigenvalue weighted by Gasteiger charge is -2.27. The number of benzene rings is 1. The Balaban J connectivity index is 2.27. The van der Waals surface area contributed by atoms with E-state index in [-0.39, 0.29) is 29.6 Å². The van der Waals surface area contributed by atoms with E-state index >= 15 is 0 Å². The highest BCUT2D eigenvalue weighted by Crippen LogP contribution is 2.31. The minimum Gasteiger partial charge on any atom is -0.464 e. The maximum absolute atomic E-state index is 12.8. The van der Waals surface area contributed by atoms with E-state index in [0.29, 0.717) is 6.42 Å². The molecule has 1 aliphatic rings. The van der Waals surface area contributed by atoms with Gasteiger partial charge in [0.1, 0.15) is 6.61 Å². The average Bonchev–Trinajstić information content (AvgIpc) is 2.78. The van der Waals surface area contributed by atoms with Crippen molar-refractivity contribution >= 4 is 16.0 Å². The molecule has 2 rings (SSSR count). The van der Waals surface area contributed by atoms with Crippen LogP contribution in [0.25, 0.3) is 0 Å². The van der Waals surface area contributed by atoms with Crippen LogP contribution >= 0.6 is 0 Å². The summed E-state index contributed by atoms with van der Waals surface area (Å²) in [5.41, 5.74) is 1.01. The second-order valence-electron chi connectivity index (χ2n) is 5.53. The summed E-state index contributed by atoms with van der Waals surface area (Å²) in [5, 5.41) is 0. The second-order valence-corrected chi connectivity index (χ2v) is 7.37. The van der Waals surface area contributed by atoms with E-state index in [1.807, 2.05) is 13.8 Å². The molecule has 6 heteroatoms. The van der Waals surface area contributed by atoms with Gasteiger partial charge in [0.05, 0.1) is 10.9 Å². The Morgan fingerprint density at radius 1 is 1.29 bits per heavy atom. The van der Waals surface area contributed by atoms with Gasteiger partial charge in [0, 0.05) is 13.0 Å². The summed E-state index contributed by atoms with van der Waals surface area (Å²) in [7, 11) is -3.56. The highest BCUT2D eigenvalue weighted by atomic mass is 32.2. The smallest absolute Gasteiger partial charge is 0.302 e. The Kier molecular flexibility index (Phi) is 4.68. The lowest BCUT2D eigenvalue weighted by atomic mass is 10.2. The first-order valence-electron chi connectivity index (χ1n) is 7.06. The summed E-state index contributed by atoms with van der Waals surface area (Å²) >= 11 is 0. The highest BCUT2D eigenvalue weighted by Gasteiger charge is 2.40. The Labute approximate surface area is 126 Å². The van der Waals surface area contributed by atoms with Crippen LogP contribution in [0, 0.1) is 6.92 Å². The number of carbonyl (C=O) groups excluding carboxylic acids is 1. The molecule has 1 heterocycles. The molecule has 5 nitrogen and oxygen atoms in total. The van der Waals surface area contributed by atoms with Gasteiger partial charge in [-0.1, -0.05) is 17.7 Å². The fraction of sp³-hybridized carbons (Fsp3) is 0.533. The molecule has 1 saturated heterocycles. The van der Waals surface area contributed by atoms with Crippen LogP contribution < -0.4 is 0 Å². The maximum atomic E-state index is 12.8. The number of esters is 1. The Morgan fingerprint density at radius 2 is 1.90 bits per heavy atom. The van der Waals surface area contributed by atoms with Crippen LogP contribution in [0.2, 0.25) is 0 Å². The SMILES string of the molecule is CC(=O)OC[C@@H]1CC[C@H](C)N1S(=O)(=O)c1ccc(C)cc1. The van der Waals surface area contributed by atoms with Crippen molar-refractivity contribution in [3.05, 3.63) is 29.8 Å². The lowest BCUT2D eigenvalue weighted by Crippen LogP contribution is -2.42. The van der Waals surface area contributed by atoms with Crippen LogP contribution in [0.3, 0.4) is 0 Å². The average molecular weight is 311 g/mol. The molecule has 0 amide bonds. The standard InChI is InChI=1S/C15H21NO4S/c1-11-4-8-15(9-5-11)21(18,19)16-12(2)6-7-14(16)10-20-13(3)17/h4-5,8-9,12,14H,6-7,10H2,1-3H3/t12-,14-/m0/s1. The summed E-state index contributed by atoms with van der Waals surface area (Å²) in [4.78, 5) is 11.2. The van der Waals surface area contributed by atoms with Crippen molar-refractivity contribution in [2.24, 2.45) is 0 Å². The van der Waals surface area contributed by atoms with Gasteiger partial charge in [0.15, 0.2) is 0 Å². The molecule has 0 saturated carbocycles. The van der Waals surface area contributed by atoms with E-state index in [1.54, 1.807) is 24.3 Å². The topological polar surface area (TPSA) is 63.7 Å². The third-order valence-corrected chi connectivity index (χ3v) is 5.87. The Hall–Kier alpha value is -1.40. The van der Waals surface area contributed by atoms with Crippen LogP contribution in [0.15, 0.2) is 29.2 Å². The molecule has 116 valence electrons. The molecule has 1 aromatic rings. The normalized spacial score (nSPS) is 23.2. The quantitative estimate of drug-likeness (QED) is 0.799. The zero-order chi connectivity index (χ0) is 15.6. The van der Waals surface area contributed by atoms with Crippen molar-refractivity contribution in [2.45, 2.75) is 50.6 Å². The van der Waals surface area contributed by atoms with Crippen LogP contribution in [-0.2, 0) is 19.6 Å². The predicted molar refractivity (Wildman–Crippen MR) is 79.3 cm³/mol. The molecule has 0 unspecified atom stereocenters. The monoisotopic (exact) mass is 311 g/mol. The molecule has 1 aromatic carbocycles. The van der Waals surface area contributed by atoms with Gasteiger partial charge in [-0.2, -0.15) is 4.31 Å². The Morgan fingerprint density at radius 3 is 2.48 bits per heavy atom. The molecular weight excluding hydrogens is 290 g/mol. The van der Waals surface area contributed by atoms with Gasteiger partial charge in [0.2, 0.25) is 10.0 Å². The fourth-order valence-corrected chi connectivity index (χ4v) is 4.54. The number of hydrogen-bond donors (Lipinski definition) is 0. The third-order valence-electron chi connectivity index (χ3n) is 3.79. The molecular formula is C15H21NO4S. The summed E-state index contributed by atoms with van der Waals surface area (Å²) in [6.45, 7) is 5.25. The Bertz CT molecular complexity index is 609. The molecule has 0 aromatic heterocycles. The van der Waals surface area contributed by atoms with Gasteiger partial charge >= 0.3 is 5.97 Å². The summed E-state index contributed by atoms with van der Waals surface area (Å²) < 4.78 is 32.1. The molecule has 0 bridgehead atoms. The number of sulfonamides is 1. The maximum Gasteiger partial charge on any atom is 0.302 e. The summed E-state index contributed by atoms with van der Waals surface area (Å²) in [6, 6.07) is 6.45. The minimum absolute atomic E-state index is 0.0862.